The minimum absolute atomic E-state index is 0.00671. The average Bonchev–Trinajstić information content (AvgIpc) is 2.66. The molecule has 0 aliphatic heterocycles. The fourth-order valence-electron chi connectivity index (χ4n) is 2.56. The molecule has 0 saturated heterocycles. The Morgan fingerprint density at radius 2 is 1.70 bits per heavy atom. The molecule has 166 valence electrons. The van der Waals surface area contributed by atoms with Crippen LogP contribution in [0.25, 0.3) is 0 Å². The Balaban J connectivity index is 2.07. The topological polar surface area (TPSA) is 80.3 Å². The SMILES string of the molecule is Cc1nc(OCCNC(C)C)ccc1NS(=O)(=O)c1ccc(C(C)C(F)(F)F)cc1. The van der Waals surface area contributed by atoms with Crippen molar-refractivity contribution in [1.82, 2.24) is 10.3 Å². The first-order chi connectivity index (χ1) is 13.9. The molecule has 0 spiro atoms. The molecule has 6 nitrogen and oxygen atoms in total. The predicted molar refractivity (Wildman–Crippen MR) is 109 cm³/mol. The summed E-state index contributed by atoms with van der Waals surface area (Å²) in [6.07, 6.45) is -4.39. The first kappa shape index (κ1) is 23.9. The minimum Gasteiger partial charge on any atom is -0.476 e. The van der Waals surface area contributed by atoms with Gasteiger partial charge in [-0.15, -0.1) is 0 Å². The molecule has 1 unspecified atom stereocenters. The lowest BCUT2D eigenvalue weighted by molar-refractivity contribution is -0.146. The van der Waals surface area contributed by atoms with Crippen LogP contribution in [0.1, 0.15) is 37.9 Å². The Morgan fingerprint density at radius 1 is 1.07 bits per heavy atom. The third kappa shape index (κ3) is 6.60. The van der Waals surface area contributed by atoms with Crippen LogP contribution in [0.4, 0.5) is 18.9 Å². The van der Waals surface area contributed by atoms with Crippen LogP contribution in [0.3, 0.4) is 0 Å². The van der Waals surface area contributed by atoms with Crippen LogP contribution in [0, 0.1) is 6.92 Å². The van der Waals surface area contributed by atoms with Crippen LogP contribution in [-0.2, 0) is 10.0 Å². The Labute approximate surface area is 174 Å². The summed E-state index contributed by atoms with van der Waals surface area (Å²) in [5, 5.41) is 3.20. The lowest BCUT2D eigenvalue weighted by Crippen LogP contribution is -2.27. The van der Waals surface area contributed by atoms with Crippen LogP contribution in [0.15, 0.2) is 41.3 Å². The van der Waals surface area contributed by atoms with E-state index >= 15 is 0 Å². The number of sulfonamides is 1. The quantitative estimate of drug-likeness (QED) is 0.565. The van der Waals surface area contributed by atoms with Gasteiger partial charge in [0.15, 0.2) is 0 Å². The zero-order chi connectivity index (χ0) is 22.5. The van der Waals surface area contributed by atoms with Gasteiger partial charge in [0.2, 0.25) is 5.88 Å². The first-order valence-electron chi connectivity index (χ1n) is 9.43. The number of hydrogen-bond acceptors (Lipinski definition) is 5. The Bertz CT molecular complexity index is 946. The maximum absolute atomic E-state index is 12.8. The third-order valence-electron chi connectivity index (χ3n) is 4.39. The van der Waals surface area contributed by atoms with Gasteiger partial charge in [-0.1, -0.05) is 26.0 Å². The summed E-state index contributed by atoms with van der Waals surface area (Å²) in [5.74, 6) is -1.32. The van der Waals surface area contributed by atoms with Crippen molar-refractivity contribution in [3.8, 4) is 5.88 Å². The predicted octanol–water partition coefficient (Wildman–Crippen LogP) is 4.23. The number of rotatable bonds is 9. The van der Waals surface area contributed by atoms with Gasteiger partial charge < -0.3 is 10.1 Å². The van der Waals surface area contributed by atoms with Crippen molar-refractivity contribution in [2.24, 2.45) is 0 Å². The van der Waals surface area contributed by atoms with E-state index in [1.807, 2.05) is 13.8 Å². The second-order valence-electron chi connectivity index (χ2n) is 7.18. The highest BCUT2D eigenvalue weighted by molar-refractivity contribution is 7.92. The molecule has 2 N–H and O–H groups in total. The van der Waals surface area contributed by atoms with E-state index in [2.05, 4.69) is 15.0 Å². The summed E-state index contributed by atoms with van der Waals surface area (Å²) in [6.45, 7) is 7.76. The van der Waals surface area contributed by atoms with Gasteiger partial charge in [-0.05, 0) is 37.6 Å². The summed E-state index contributed by atoms with van der Waals surface area (Å²) >= 11 is 0. The van der Waals surface area contributed by atoms with Crippen LogP contribution >= 0.6 is 0 Å². The Morgan fingerprint density at radius 3 is 2.23 bits per heavy atom. The number of nitrogens with one attached hydrogen (secondary N) is 2. The smallest absolute Gasteiger partial charge is 0.395 e. The van der Waals surface area contributed by atoms with E-state index in [1.54, 1.807) is 13.0 Å². The Kier molecular flexibility index (Phi) is 7.70. The average molecular weight is 446 g/mol. The molecule has 1 aromatic carbocycles. The lowest BCUT2D eigenvalue weighted by atomic mass is 10.0. The van der Waals surface area contributed by atoms with Gasteiger partial charge in [-0.2, -0.15) is 13.2 Å². The van der Waals surface area contributed by atoms with Gasteiger partial charge in [-0.25, -0.2) is 13.4 Å². The number of alkyl halides is 3. The van der Waals surface area contributed by atoms with E-state index in [4.69, 9.17) is 4.74 Å². The maximum atomic E-state index is 12.8. The highest BCUT2D eigenvalue weighted by atomic mass is 32.2. The lowest BCUT2D eigenvalue weighted by Gasteiger charge is -2.16. The molecular formula is C20H26F3N3O3S. The van der Waals surface area contributed by atoms with Crippen molar-refractivity contribution >= 4 is 15.7 Å². The van der Waals surface area contributed by atoms with E-state index in [9.17, 15) is 21.6 Å². The van der Waals surface area contributed by atoms with Crippen molar-refractivity contribution in [3.05, 3.63) is 47.7 Å². The number of aryl methyl sites for hydroxylation is 1. The molecule has 10 heteroatoms. The van der Waals surface area contributed by atoms with Gasteiger partial charge in [-0.3, -0.25) is 4.72 Å². The molecule has 1 aromatic heterocycles. The number of nitrogens with zero attached hydrogens (tertiary/aromatic N) is 1. The molecule has 0 fully saturated rings. The van der Waals surface area contributed by atoms with Gasteiger partial charge in [0.1, 0.15) is 6.61 Å². The molecule has 0 amide bonds. The minimum atomic E-state index is -4.39. The molecule has 30 heavy (non-hydrogen) atoms. The van der Waals surface area contributed by atoms with Crippen LogP contribution < -0.4 is 14.8 Å². The first-order valence-corrected chi connectivity index (χ1v) is 10.9. The summed E-state index contributed by atoms with van der Waals surface area (Å²) < 4.78 is 71.6. The number of ether oxygens (including phenoxy) is 1. The van der Waals surface area contributed by atoms with Gasteiger partial charge in [0.25, 0.3) is 10.0 Å². The summed E-state index contributed by atoms with van der Waals surface area (Å²) in [4.78, 5) is 4.09. The van der Waals surface area contributed by atoms with Crippen LogP contribution in [-0.4, -0.2) is 38.8 Å². The fourth-order valence-corrected chi connectivity index (χ4v) is 3.68. The fraction of sp³-hybridized carbons (Fsp3) is 0.450. The number of aromatic nitrogens is 1. The number of anilines is 1. The van der Waals surface area contributed by atoms with E-state index in [-0.39, 0.29) is 16.1 Å². The second kappa shape index (κ2) is 9.65. The van der Waals surface area contributed by atoms with Gasteiger partial charge in [0.05, 0.1) is 22.2 Å². The molecule has 2 rings (SSSR count). The molecule has 0 saturated carbocycles. The van der Waals surface area contributed by atoms with E-state index in [0.29, 0.717) is 30.8 Å². The van der Waals surface area contributed by atoms with Crippen molar-refractivity contribution in [2.45, 2.75) is 50.7 Å². The van der Waals surface area contributed by atoms with E-state index in [0.717, 1.165) is 19.1 Å². The molecular weight excluding hydrogens is 419 g/mol. The summed E-state index contributed by atoms with van der Waals surface area (Å²) in [6, 6.07) is 8.06. The molecule has 1 heterocycles. The number of benzene rings is 1. The van der Waals surface area contributed by atoms with E-state index in [1.165, 1.54) is 18.2 Å². The van der Waals surface area contributed by atoms with Crippen molar-refractivity contribution in [1.29, 1.82) is 0 Å². The van der Waals surface area contributed by atoms with Crippen molar-refractivity contribution < 1.29 is 26.3 Å². The molecule has 0 radical (unpaired) electrons. The van der Waals surface area contributed by atoms with Crippen molar-refractivity contribution in [2.75, 3.05) is 17.9 Å². The molecule has 0 bridgehead atoms. The molecule has 0 aliphatic rings. The van der Waals surface area contributed by atoms with E-state index < -0.39 is 22.1 Å². The zero-order valence-electron chi connectivity index (χ0n) is 17.2. The van der Waals surface area contributed by atoms with Gasteiger partial charge >= 0.3 is 6.18 Å². The number of halogens is 3. The van der Waals surface area contributed by atoms with Gasteiger partial charge in [0, 0.05) is 18.7 Å². The maximum Gasteiger partial charge on any atom is 0.395 e. The highest BCUT2D eigenvalue weighted by Gasteiger charge is 2.37. The summed E-state index contributed by atoms with van der Waals surface area (Å²) in [5.41, 5.74) is 0.665. The number of hydrogen-bond donors (Lipinski definition) is 2. The third-order valence-corrected chi connectivity index (χ3v) is 5.77. The second-order valence-corrected chi connectivity index (χ2v) is 8.86. The number of pyridine rings is 1. The summed E-state index contributed by atoms with van der Waals surface area (Å²) in [7, 11) is -3.98. The Hall–Kier alpha value is -2.33. The van der Waals surface area contributed by atoms with Crippen LogP contribution in [0.2, 0.25) is 0 Å². The largest absolute Gasteiger partial charge is 0.476 e. The van der Waals surface area contributed by atoms with Crippen molar-refractivity contribution in [3.63, 3.8) is 0 Å². The highest BCUT2D eigenvalue weighted by Crippen LogP contribution is 2.34. The van der Waals surface area contributed by atoms with Crippen LogP contribution in [0.5, 0.6) is 5.88 Å². The molecule has 0 aliphatic carbocycles. The molecule has 1 atom stereocenters. The zero-order valence-corrected chi connectivity index (χ0v) is 18.1. The standard InChI is InChI=1S/C20H26F3N3O3S/c1-13(2)24-11-12-29-19-10-9-18(15(4)25-19)26-30(27,28)17-7-5-16(6-8-17)14(3)20(21,22)23/h5-10,13-14,24,26H,11-12H2,1-4H3. The molecule has 2 aromatic rings. The normalized spacial score (nSPS) is 13.3. The monoisotopic (exact) mass is 445 g/mol.